The second-order valence-corrected chi connectivity index (χ2v) is 4.99. The highest BCUT2D eigenvalue weighted by Gasteiger charge is 2.12. The number of nitrogens with one attached hydrogen (secondary N) is 2. The van der Waals surface area contributed by atoms with Crippen LogP contribution in [-0.4, -0.2) is 40.4 Å². The molecule has 0 fully saturated rings. The van der Waals surface area contributed by atoms with Gasteiger partial charge in [0.1, 0.15) is 10.6 Å². The highest BCUT2D eigenvalue weighted by atomic mass is 32.1. The molecule has 7 nitrogen and oxygen atoms in total. The summed E-state index contributed by atoms with van der Waals surface area (Å²) in [5.74, 6) is 6.34. The van der Waals surface area contributed by atoms with E-state index in [0.29, 0.717) is 24.9 Å². The number of hydrazine groups is 1. The molecule has 108 valence electrons. The summed E-state index contributed by atoms with van der Waals surface area (Å²) in [6.45, 7) is 5.52. The summed E-state index contributed by atoms with van der Waals surface area (Å²) in [6, 6.07) is 1.92. The molecule has 2 aromatic rings. The largest absolute Gasteiger partial charge is 0.360 e. The average Bonchev–Trinajstić information content (AvgIpc) is 2.94. The lowest BCUT2D eigenvalue weighted by Crippen LogP contribution is -2.35. The Morgan fingerprint density at radius 3 is 2.80 bits per heavy atom. The fourth-order valence-corrected chi connectivity index (χ4v) is 2.67. The van der Waals surface area contributed by atoms with Crippen molar-refractivity contribution in [2.24, 2.45) is 5.84 Å². The molecule has 0 saturated heterocycles. The monoisotopic (exact) mass is 294 g/mol. The van der Waals surface area contributed by atoms with Gasteiger partial charge in [0.2, 0.25) is 11.9 Å². The van der Waals surface area contributed by atoms with Crippen molar-refractivity contribution >= 4 is 39.2 Å². The number of likely N-dealkylation sites (N-methyl/N-ethyl adjacent to an activating group) is 1. The third-order valence-electron chi connectivity index (χ3n) is 2.98. The number of fused-ring (bicyclic) bond motifs is 1. The van der Waals surface area contributed by atoms with Gasteiger partial charge in [0, 0.05) is 13.1 Å². The number of hydrogen-bond donors (Lipinski definition) is 3. The van der Waals surface area contributed by atoms with Crippen molar-refractivity contribution in [1.82, 2.24) is 14.9 Å². The highest BCUT2D eigenvalue weighted by Crippen LogP contribution is 2.26. The van der Waals surface area contributed by atoms with Crippen molar-refractivity contribution in [1.29, 1.82) is 0 Å². The van der Waals surface area contributed by atoms with E-state index < -0.39 is 0 Å². The molecule has 0 aliphatic carbocycles. The number of nitrogen functional groups attached to an aromatic ring is 1. The zero-order valence-corrected chi connectivity index (χ0v) is 12.3. The Hall–Kier alpha value is -1.93. The molecule has 8 heteroatoms. The zero-order chi connectivity index (χ0) is 14.5. The van der Waals surface area contributed by atoms with Gasteiger partial charge in [0.25, 0.3) is 0 Å². The molecule has 1 amide bonds. The number of amides is 1. The first-order valence-corrected chi connectivity index (χ1v) is 7.31. The van der Waals surface area contributed by atoms with Crippen LogP contribution in [0.2, 0.25) is 0 Å². The summed E-state index contributed by atoms with van der Waals surface area (Å²) in [5, 5.41) is 5.88. The van der Waals surface area contributed by atoms with Crippen LogP contribution in [0.3, 0.4) is 0 Å². The van der Waals surface area contributed by atoms with Crippen LogP contribution >= 0.6 is 11.3 Å². The van der Waals surface area contributed by atoms with Gasteiger partial charge in [-0.15, -0.1) is 11.3 Å². The Balaban J connectivity index is 2.16. The van der Waals surface area contributed by atoms with E-state index in [1.165, 1.54) is 11.3 Å². The van der Waals surface area contributed by atoms with Gasteiger partial charge >= 0.3 is 0 Å². The van der Waals surface area contributed by atoms with Crippen LogP contribution in [-0.2, 0) is 4.79 Å². The van der Waals surface area contributed by atoms with Gasteiger partial charge < -0.3 is 10.2 Å². The minimum Gasteiger partial charge on any atom is -0.360 e. The molecular weight excluding hydrogens is 276 g/mol. The zero-order valence-electron chi connectivity index (χ0n) is 11.5. The Kier molecular flexibility index (Phi) is 4.70. The van der Waals surface area contributed by atoms with Gasteiger partial charge in [0.15, 0.2) is 0 Å². The quantitative estimate of drug-likeness (QED) is 0.548. The Bertz CT molecular complexity index is 595. The van der Waals surface area contributed by atoms with Gasteiger partial charge in [-0.25, -0.2) is 10.8 Å². The first kappa shape index (κ1) is 14.5. The number of anilines is 2. The summed E-state index contributed by atoms with van der Waals surface area (Å²) in [7, 11) is 0. The third kappa shape index (κ3) is 2.97. The van der Waals surface area contributed by atoms with E-state index in [4.69, 9.17) is 5.84 Å². The lowest BCUT2D eigenvalue weighted by molar-refractivity contribution is -0.128. The SMILES string of the molecule is CCN(CC)C(=O)CNc1nc(NN)nc2sccc12. The van der Waals surface area contributed by atoms with E-state index >= 15 is 0 Å². The molecule has 0 atom stereocenters. The van der Waals surface area contributed by atoms with E-state index in [9.17, 15) is 4.79 Å². The number of hydrogen-bond acceptors (Lipinski definition) is 7. The van der Waals surface area contributed by atoms with Crippen molar-refractivity contribution in [3.05, 3.63) is 11.4 Å². The molecule has 20 heavy (non-hydrogen) atoms. The first-order chi connectivity index (χ1) is 9.69. The summed E-state index contributed by atoms with van der Waals surface area (Å²) >= 11 is 1.50. The van der Waals surface area contributed by atoms with E-state index in [0.717, 1.165) is 10.2 Å². The molecule has 0 spiro atoms. The van der Waals surface area contributed by atoms with Crippen molar-refractivity contribution in [3.63, 3.8) is 0 Å². The first-order valence-electron chi connectivity index (χ1n) is 6.43. The van der Waals surface area contributed by atoms with E-state index in [-0.39, 0.29) is 12.5 Å². The maximum Gasteiger partial charge on any atom is 0.241 e. The maximum absolute atomic E-state index is 12.0. The van der Waals surface area contributed by atoms with Gasteiger partial charge in [0.05, 0.1) is 11.9 Å². The fourth-order valence-electron chi connectivity index (χ4n) is 1.90. The maximum atomic E-state index is 12.0. The van der Waals surface area contributed by atoms with Crippen LogP contribution in [0.5, 0.6) is 0 Å². The Labute approximate surface area is 121 Å². The van der Waals surface area contributed by atoms with Crippen LogP contribution in [0.15, 0.2) is 11.4 Å². The summed E-state index contributed by atoms with van der Waals surface area (Å²) in [6.07, 6.45) is 0. The lowest BCUT2D eigenvalue weighted by Gasteiger charge is -2.19. The van der Waals surface area contributed by atoms with Crippen molar-refractivity contribution in [3.8, 4) is 0 Å². The normalized spacial score (nSPS) is 10.6. The molecule has 2 aromatic heterocycles. The molecule has 0 unspecified atom stereocenters. The number of nitrogens with two attached hydrogens (primary N) is 1. The second kappa shape index (κ2) is 6.49. The number of rotatable bonds is 6. The van der Waals surface area contributed by atoms with Crippen molar-refractivity contribution in [2.45, 2.75) is 13.8 Å². The lowest BCUT2D eigenvalue weighted by atomic mass is 10.3. The molecule has 0 aliphatic rings. The molecule has 2 rings (SSSR count). The van der Waals surface area contributed by atoms with Crippen LogP contribution in [0.1, 0.15) is 13.8 Å². The molecule has 0 radical (unpaired) electrons. The predicted octanol–water partition coefficient (Wildman–Crippen LogP) is 1.26. The molecule has 2 heterocycles. The smallest absolute Gasteiger partial charge is 0.241 e. The highest BCUT2D eigenvalue weighted by molar-refractivity contribution is 7.16. The van der Waals surface area contributed by atoms with Gasteiger partial charge in [-0.2, -0.15) is 4.98 Å². The number of aromatic nitrogens is 2. The van der Waals surface area contributed by atoms with Crippen molar-refractivity contribution < 1.29 is 4.79 Å². The van der Waals surface area contributed by atoms with E-state index in [1.807, 2.05) is 25.3 Å². The number of carbonyl (C=O) groups excluding carboxylic acids is 1. The predicted molar refractivity (Wildman–Crippen MR) is 81.6 cm³/mol. The van der Waals surface area contributed by atoms with Gasteiger partial charge in [-0.05, 0) is 25.3 Å². The van der Waals surface area contributed by atoms with E-state index in [1.54, 1.807) is 4.90 Å². The summed E-state index contributed by atoms with van der Waals surface area (Å²) in [4.78, 5) is 23.1. The minimum atomic E-state index is 0.0410. The van der Waals surface area contributed by atoms with Crippen LogP contribution in [0.25, 0.3) is 10.2 Å². The molecular formula is C12H18N6OS. The molecule has 0 bridgehead atoms. The van der Waals surface area contributed by atoms with Crippen LogP contribution < -0.4 is 16.6 Å². The van der Waals surface area contributed by atoms with Crippen LogP contribution in [0, 0.1) is 0 Å². The second-order valence-electron chi connectivity index (χ2n) is 4.10. The van der Waals surface area contributed by atoms with E-state index in [2.05, 4.69) is 20.7 Å². The minimum absolute atomic E-state index is 0.0410. The molecule has 0 saturated carbocycles. The summed E-state index contributed by atoms with van der Waals surface area (Å²) in [5.41, 5.74) is 2.43. The topological polar surface area (TPSA) is 96.2 Å². The van der Waals surface area contributed by atoms with Gasteiger partial charge in [-0.3, -0.25) is 10.2 Å². The Morgan fingerprint density at radius 1 is 1.40 bits per heavy atom. The number of thiophene rings is 1. The third-order valence-corrected chi connectivity index (χ3v) is 3.78. The molecule has 0 aliphatic heterocycles. The number of carbonyl (C=O) groups is 1. The Morgan fingerprint density at radius 2 is 2.15 bits per heavy atom. The number of nitrogens with zero attached hydrogens (tertiary/aromatic N) is 3. The van der Waals surface area contributed by atoms with Crippen molar-refractivity contribution in [2.75, 3.05) is 30.4 Å². The average molecular weight is 294 g/mol. The van der Waals surface area contributed by atoms with Crippen LogP contribution in [0.4, 0.5) is 11.8 Å². The summed E-state index contributed by atoms with van der Waals surface area (Å²) < 4.78 is 0. The standard InChI is InChI=1S/C12H18N6OS/c1-3-18(4-2)9(19)7-14-10-8-5-6-20-11(8)16-12(15-10)17-13/h5-6H,3-4,7,13H2,1-2H3,(H2,14,15,16,17). The fraction of sp³-hybridized carbons (Fsp3) is 0.417. The molecule has 0 aromatic carbocycles. The van der Waals surface area contributed by atoms with Gasteiger partial charge in [-0.1, -0.05) is 0 Å². The molecule has 4 N–H and O–H groups in total.